The van der Waals surface area contributed by atoms with E-state index >= 15 is 0 Å². The Labute approximate surface area is 95.5 Å². The number of likely N-dealkylation sites (tertiary alicyclic amines) is 1. The van der Waals surface area contributed by atoms with Gasteiger partial charge in [-0.05, 0) is 13.5 Å². The second-order valence-corrected chi connectivity index (χ2v) is 4.16. The summed E-state index contributed by atoms with van der Waals surface area (Å²) in [6, 6.07) is 0.470. The van der Waals surface area contributed by atoms with Crippen LogP contribution in [0.1, 0.15) is 12.8 Å². The lowest BCUT2D eigenvalue weighted by atomic mass is 10.3. The topological polar surface area (TPSA) is 50.2 Å². The van der Waals surface area contributed by atoms with Gasteiger partial charge in [0.2, 0.25) is 5.91 Å². The van der Waals surface area contributed by atoms with E-state index in [1.807, 2.05) is 22.7 Å². The zero-order valence-corrected chi connectivity index (χ0v) is 9.59. The van der Waals surface area contributed by atoms with Crippen molar-refractivity contribution < 1.29 is 4.79 Å². The quantitative estimate of drug-likeness (QED) is 0.785. The maximum absolute atomic E-state index is 11.9. The van der Waals surface area contributed by atoms with Gasteiger partial charge in [-0.25, -0.2) is 4.98 Å². The minimum absolute atomic E-state index is 0.242. The molecular weight excluding hydrogens is 204 g/mol. The molecule has 1 N–H and O–H groups in total. The Morgan fingerprint density at radius 2 is 2.50 bits per heavy atom. The first-order chi connectivity index (χ1) is 7.79. The minimum atomic E-state index is 0.242. The van der Waals surface area contributed by atoms with Crippen LogP contribution < -0.4 is 5.32 Å². The van der Waals surface area contributed by atoms with Crippen molar-refractivity contribution >= 4 is 5.91 Å². The lowest BCUT2D eigenvalue weighted by Gasteiger charge is -2.16. The summed E-state index contributed by atoms with van der Waals surface area (Å²) in [6.07, 6.45) is 6.98. The van der Waals surface area contributed by atoms with Crippen molar-refractivity contribution in [1.29, 1.82) is 0 Å². The lowest BCUT2D eigenvalue weighted by Crippen LogP contribution is -2.33. The molecule has 1 atom stereocenters. The Bertz CT molecular complexity index is 336. The molecule has 0 aliphatic carbocycles. The zero-order valence-electron chi connectivity index (χ0n) is 9.59. The largest absolute Gasteiger partial charge is 0.341 e. The van der Waals surface area contributed by atoms with Crippen molar-refractivity contribution in [2.75, 3.05) is 20.1 Å². The molecule has 2 heterocycles. The molecule has 5 nitrogen and oxygen atoms in total. The van der Waals surface area contributed by atoms with E-state index in [0.717, 1.165) is 26.1 Å². The van der Waals surface area contributed by atoms with Gasteiger partial charge in [-0.1, -0.05) is 0 Å². The number of hydrogen-bond donors (Lipinski definition) is 1. The summed E-state index contributed by atoms with van der Waals surface area (Å²) in [6.45, 7) is 2.45. The molecule has 1 fully saturated rings. The first-order valence-corrected chi connectivity index (χ1v) is 5.70. The summed E-state index contributed by atoms with van der Waals surface area (Å²) in [5.41, 5.74) is 0. The highest BCUT2D eigenvalue weighted by atomic mass is 16.2. The number of amides is 1. The summed E-state index contributed by atoms with van der Waals surface area (Å²) >= 11 is 0. The molecule has 88 valence electrons. The van der Waals surface area contributed by atoms with Gasteiger partial charge in [-0.15, -0.1) is 0 Å². The number of imidazole rings is 1. The molecule has 1 aromatic rings. The Hall–Kier alpha value is -1.36. The molecule has 2 rings (SSSR count). The lowest BCUT2D eigenvalue weighted by molar-refractivity contribution is -0.130. The molecule has 16 heavy (non-hydrogen) atoms. The fourth-order valence-corrected chi connectivity index (χ4v) is 2.02. The highest BCUT2D eigenvalue weighted by Crippen LogP contribution is 2.10. The number of nitrogens with zero attached hydrogens (tertiary/aromatic N) is 3. The van der Waals surface area contributed by atoms with Crippen LogP contribution in [0.3, 0.4) is 0 Å². The first kappa shape index (κ1) is 11.1. The van der Waals surface area contributed by atoms with E-state index in [9.17, 15) is 4.79 Å². The molecule has 1 aliphatic heterocycles. The average molecular weight is 222 g/mol. The van der Waals surface area contributed by atoms with Gasteiger partial charge >= 0.3 is 0 Å². The third kappa shape index (κ3) is 2.61. The highest BCUT2D eigenvalue weighted by molar-refractivity contribution is 5.76. The molecule has 1 aromatic heterocycles. The Balaban J connectivity index is 1.76. The maximum atomic E-state index is 11.9. The number of hydrogen-bond acceptors (Lipinski definition) is 3. The van der Waals surface area contributed by atoms with Crippen LogP contribution in [0.4, 0.5) is 0 Å². The fraction of sp³-hybridized carbons (Fsp3) is 0.636. The number of aryl methyl sites for hydroxylation is 1. The van der Waals surface area contributed by atoms with E-state index in [-0.39, 0.29) is 5.91 Å². The second kappa shape index (κ2) is 5.12. The van der Waals surface area contributed by atoms with Gasteiger partial charge in [0.1, 0.15) is 0 Å². The van der Waals surface area contributed by atoms with E-state index in [0.29, 0.717) is 12.5 Å². The molecule has 0 saturated carbocycles. The van der Waals surface area contributed by atoms with E-state index < -0.39 is 0 Å². The molecule has 1 amide bonds. The number of carbonyl (C=O) groups excluding carboxylic acids is 1. The SMILES string of the molecule is CNC1CCN(C(=O)CCn2ccnc2)C1. The standard InChI is InChI=1S/C11H18N4O/c1-12-10-2-6-15(8-10)11(16)3-5-14-7-4-13-9-14/h4,7,9-10,12H,2-3,5-6,8H2,1H3. The summed E-state index contributed by atoms with van der Waals surface area (Å²) < 4.78 is 1.93. The third-order valence-electron chi connectivity index (χ3n) is 3.09. The van der Waals surface area contributed by atoms with Crippen LogP contribution in [0, 0.1) is 0 Å². The average Bonchev–Trinajstić information content (AvgIpc) is 2.96. The fourth-order valence-electron chi connectivity index (χ4n) is 2.02. The molecule has 1 saturated heterocycles. The number of likely N-dealkylation sites (N-methyl/N-ethyl adjacent to an activating group) is 1. The van der Waals surface area contributed by atoms with Gasteiger partial charge in [-0.3, -0.25) is 4.79 Å². The van der Waals surface area contributed by atoms with Crippen LogP contribution in [-0.4, -0.2) is 46.5 Å². The molecule has 0 spiro atoms. The molecule has 0 radical (unpaired) electrons. The van der Waals surface area contributed by atoms with Gasteiger partial charge in [0.15, 0.2) is 0 Å². The van der Waals surface area contributed by atoms with Crippen molar-refractivity contribution in [3.8, 4) is 0 Å². The Kier molecular flexibility index (Phi) is 3.56. The Morgan fingerprint density at radius 1 is 1.62 bits per heavy atom. The maximum Gasteiger partial charge on any atom is 0.224 e. The van der Waals surface area contributed by atoms with Crippen molar-refractivity contribution in [2.45, 2.75) is 25.4 Å². The van der Waals surface area contributed by atoms with E-state index in [2.05, 4.69) is 10.3 Å². The third-order valence-corrected chi connectivity index (χ3v) is 3.09. The number of aromatic nitrogens is 2. The van der Waals surface area contributed by atoms with E-state index in [1.165, 1.54) is 0 Å². The molecule has 0 bridgehead atoms. The number of nitrogens with one attached hydrogen (secondary N) is 1. The van der Waals surface area contributed by atoms with Crippen LogP contribution in [0.15, 0.2) is 18.7 Å². The molecular formula is C11H18N4O. The van der Waals surface area contributed by atoms with Crippen LogP contribution in [0.5, 0.6) is 0 Å². The summed E-state index contributed by atoms with van der Waals surface area (Å²) in [5, 5.41) is 3.21. The monoisotopic (exact) mass is 222 g/mol. The normalized spacial score (nSPS) is 20.3. The van der Waals surface area contributed by atoms with E-state index in [1.54, 1.807) is 12.5 Å². The van der Waals surface area contributed by atoms with Crippen LogP contribution in [-0.2, 0) is 11.3 Å². The smallest absolute Gasteiger partial charge is 0.224 e. The van der Waals surface area contributed by atoms with Gasteiger partial charge in [-0.2, -0.15) is 0 Å². The first-order valence-electron chi connectivity index (χ1n) is 5.70. The zero-order chi connectivity index (χ0) is 11.4. The van der Waals surface area contributed by atoms with E-state index in [4.69, 9.17) is 0 Å². The number of rotatable bonds is 4. The van der Waals surface area contributed by atoms with Crippen molar-refractivity contribution in [1.82, 2.24) is 19.8 Å². The van der Waals surface area contributed by atoms with Crippen LogP contribution >= 0.6 is 0 Å². The predicted octanol–water partition coefficient (Wildman–Crippen LogP) is 0.0935. The highest BCUT2D eigenvalue weighted by Gasteiger charge is 2.24. The van der Waals surface area contributed by atoms with Gasteiger partial charge in [0.05, 0.1) is 6.33 Å². The molecule has 0 aromatic carbocycles. The summed E-state index contributed by atoms with van der Waals surface area (Å²) in [5.74, 6) is 0.242. The molecule has 5 heteroatoms. The summed E-state index contributed by atoms with van der Waals surface area (Å²) in [4.78, 5) is 17.8. The molecule has 1 aliphatic rings. The Morgan fingerprint density at radius 3 is 3.12 bits per heavy atom. The van der Waals surface area contributed by atoms with Crippen LogP contribution in [0.25, 0.3) is 0 Å². The van der Waals surface area contributed by atoms with Crippen molar-refractivity contribution in [2.24, 2.45) is 0 Å². The van der Waals surface area contributed by atoms with Gasteiger partial charge in [0.25, 0.3) is 0 Å². The van der Waals surface area contributed by atoms with Crippen LogP contribution in [0.2, 0.25) is 0 Å². The predicted molar refractivity (Wildman–Crippen MR) is 60.9 cm³/mol. The molecule has 1 unspecified atom stereocenters. The van der Waals surface area contributed by atoms with Gasteiger partial charge in [0, 0.05) is 44.5 Å². The van der Waals surface area contributed by atoms with Crippen molar-refractivity contribution in [3.05, 3.63) is 18.7 Å². The van der Waals surface area contributed by atoms with Crippen molar-refractivity contribution in [3.63, 3.8) is 0 Å². The minimum Gasteiger partial charge on any atom is -0.341 e. The second-order valence-electron chi connectivity index (χ2n) is 4.16. The number of carbonyl (C=O) groups is 1. The van der Waals surface area contributed by atoms with Gasteiger partial charge < -0.3 is 14.8 Å². The summed E-state index contributed by atoms with van der Waals surface area (Å²) in [7, 11) is 1.95.